The van der Waals surface area contributed by atoms with E-state index in [9.17, 15) is 4.39 Å². The number of likely N-dealkylation sites (tertiary alicyclic amines) is 1. The topological polar surface area (TPSA) is 63.5 Å². The molecule has 0 atom stereocenters. The van der Waals surface area contributed by atoms with Crippen LogP contribution in [-0.4, -0.2) is 37.0 Å². The molecule has 1 aliphatic heterocycles. The number of aliphatic imine (C=N–C) groups is 1. The van der Waals surface area contributed by atoms with Gasteiger partial charge in [0.25, 0.3) is 0 Å². The third kappa shape index (κ3) is 5.52. The molecule has 2 N–H and O–H groups in total. The fourth-order valence-electron chi connectivity index (χ4n) is 3.22. The van der Waals surface area contributed by atoms with E-state index in [0.717, 1.165) is 32.5 Å². The molecule has 0 spiro atoms. The molecule has 0 unspecified atom stereocenters. The highest BCUT2D eigenvalue weighted by atomic mass is 32.1. The van der Waals surface area contributed by atoms with Gasteiger partial charge in [0.2, 0.25) is 0 Å². The van der Waals surface area contributed by atoms with Crippen molar-refractivity contribution in [3.63, 3.8) is 0 Å². The monoisotopic (exact) mass is 385 g/mol. The maximum Gasteiger partial charge on any atom is 0.191 e. The van der Waals surface area contributed by atoms with Gasteiger partial charge < -0.3 is 10.6 Å². The van der Waals surface area contributed by atoms with E-state index in [1.807, 2.05) is 6.07 Å². The molecule has 1 saturated heterocycles. The molecule has 0 radical (unpaired) electrons. The molecule has 2 aromatic rings. The second kappa shape index (κ2) is 9.49. The molecule has 5 nitrogen and oxygen atoms in total. The van der Waals surface area contributed by atoms with Crippen molar-refractivity contribution < 1.29 is 4.39 Å². The summed E-state index contributed by atoms with van der Waals surface area (Å²) >= 11 is 1.74. The summed E-state index contributed by atoms with van der Waals surface area (Å²) in [6, 6.07) is 8.95. The Morgan fingerprint density at radius 2 is 2.19 bits per heavy atom. The standard InChI is InChI=1S/C20H24FN5S/c1-23-20(24-12-17-10-15(11-22)2-3-19(17)21)25-18-4-7-26(8-5-18)13-16-6-9-27-14-16/h2-3,6,9-10,14,18H,4-5,7-8,12-13H2,1H3,(H2,23,24,25). The number of benzene rings is 1. The number of nitrogens with one attached hydrogen (secondary N) is 2. The van der Waals surface area contributed by atoms with E-state index in [0.29, 0.717) is 23.1 Å². The molecule has 0 aliphatic carbocycles. The smallest absolute Gasteiger partial charge is 0.191 e. The van der Waals surface area contributed by atoms with Gasteiger partial charge in [0.1, 0.15) is 5.82 Å². The van der Waals surface area contributed by atoms with Gasteiger partial charge in [0.15, 0.2) is 5.96 Å². The maximum atomic E-state index is 13.9. The van der Waals surface area contributed by atoms with Crippen molar-refractivity contribution in [2.24, 2.45) is 4.99 Å². The highest BCUT2D eigenvalue weighted by Crippen LogP contribution is 2.15. The van der Waals surface area contributed by atoms with Crippen LogP contribution in [0.15, 0.2) is 40.0 Å². The molecule has 2 heterocycles. The van der Waals surface area contributed by atoms with E-state index in [4.69, 9.17) is 5.26 Å². The van der Waals surface area contributed by atoms with Crippen molar-refractivity contribution in [2.45, 2.75) is 32.0 Å². The molecule has 142 valence electrons. The third-order valence-corrected chi connectivity index (χ3v) is 5.49. The molecule has 1 aromatic carbocycles. The highest BCUT2D eigenvalue weighted by molar-refractivity contribution is 7.07. The number of halogens is 1. The van der Waals surface area contributed by atoms with Gasteiger partial charge in [-0.3, -0.25) is 9.89 Å². The summed E-state index contributed by atoms with van der Waals surface area (Å²) < 4.78 is 13.9. The van der Waals surface area contributed by atoms with Gasteiger partial charge >= 0.3 is 0 Å². The van der Waals surface area contributed by atoms with E-state index >= 15 is 0 Å². The van der Waals surface area contributed by atoms with E-state index < -0.39 is 0 Å². The molecule has 1 fully saturated rings. The van der Waals surface area contributed by atoms with Crippen LogP contribution in [0, 0.1) is 17.1 Å². The molecule has 1 aromatic heterocycles. The Balaban J connectivity index is 1.46. The summed E-state index contributed by atoms with van der Waals surface area (Å²) in [4.78, 5) is 6.72. The van der Waals surface area contributed by atoms with E-state index in [1.165, 1.54) is 17.7 Å². The lowest BCUT2D eigenvalue weighted by Gasteiger charge is -2.33. The number of nitriles is 1. The first kappa shape index (κ1) is 19.3. The fourth-order valence-corrected chi connectivity index (χ4v) is 3.88. The van der Waals surface area contributed by atoms with Crippen LogP contribution in [0.3, 0.4) is 0 Å². The van der Waals surface area contributed by atoms with Gasteiger partial charge in [-0.1, -0.05) is 0 Å². The number of thiophene rings is 1. The molecule has 7 heteroatoms. The molecular formula is C20H24FN5S. The first-order valence-corrected chi connectivity index (χ1v) is 10.0. The Labute approximate surface area is 163 Å². The Bertz CT molecular complexity index is 804. The summed E-state index contributed by atoms with van der Waals surface area (Å²) in [5.74, 6) is 0.340. The molecule has 0 amide bonds. The second-order valence-corrected chi connectivity index (χ2v) is 7.45. The summed E-state index contributed by atoms with van der Waals surface area (Å²) in [6.45, 7) is 3.39. The number of nitrogens with zero attached hydrogens (tertiary/aromatic N) is 3. The molecule has 1 aliphatic rings. The molecule has 27 heavy (non-hydrogen) atoms. The van der Waals surface area contributed by atoms with Gasteiger partial charge in [0, 0.05) is 44.8 Å². The summed E-state index contributed by atoms with van der Waals surface area (Å²) in [6.07, 6.45) is 2.09. The Morgan fingerprint density at radius 1 is 1.37 bits per heavy atom. The molecule has 0 bridgehead atoms. The number of hydrogen-bond acceptors (Lipinski definition) is 4. The zero-order valence-electron chi connectivity index (χ0n) is 15.4. The van der Waals surface area contributed by atoms with E-state index in [-0.39, 0.29) is 12.4 Å². The SMILES string of the molecule is CN=C(NCc1cc(C#N)ccc1F)NC1CCN(Cc2ccsc2)CC1. The Morgan fingerprint density at radius 3 is 2.85 bits per heavy atom. The summed E-state index contributed by atoms with van der Waals surface area (Å²) in [7, 11) is 1.71. The number of piperidine rings is 1. The fraction of sp³-hybridized carbons (Fsp3) is 0.400. The first-order chi connectivity index (χ1) is 13.2. The van der Waals surface area contributed by atoms with E-state index in [1.54, 1.807) is 24.5 Å². The van der Waals surface area contributed by atoms with Crippen LogP contribution in [0.2, 0.25) is 0 Å². The van der Waals surface area contributed by atoms with Crippen molar-refractivity contribution in [3.05, 3.63) is 57.5 Å². The predicted molar refractivity (Wildman–Crippen MR) is 107 cm³/mol. The number of hydrogen-bond donors (Lipinski definition) is 2. The third-order valence-electron chi connectivity index (χ3n) is 4.76. The van der Waals surface area contributed by atoms with Crippen molar-refractivity contribution >= 4 is 17.3 Å². The van der Waals surface area contributed by atoms with Gasteiger partial charge in [0.05, 0.1) is 11.6 Å². The van der Waals surface area contributed by atoms with Crippen molar-refractivity contribution in [2.75, 3.05) is 20.1 Å². The minimum absolute atomic E-state index is 0.290. The minimum Gasteiger partial charge on any atom is -0.354 e. The quantitative estimate of drug-likeness (QED) is 0.613. The van der Waals surface area contributed by atoms with Crippen LogP contribution in [0.25, 0.3) is 0 Å². The average Bonchev–Trinajstić information content (AvgIpc) is 3.20. The Kier molecular flexibility index (Phi) is 6.80. The Hall–Kier alpha value is -2.43. The lowest BCUT2D eigenvalue weighted by atomic mass is 10.0. The molecule has 3 rings (SSSR count). The van der Waals surface area contributed by atoms with Gasteiger partial charge in [-0.15, -0.1) is 0 Å². The summed E-state index contributed by atoms with van der Waals surface area (Å²) in [5, 5.41) is 19.9. The van der Waals surface area contributed by atoms with Gasteiger partial charge in [-0.2, -0.15) is 16.6 Å². The maximum absolute atomic E-state index is 13.9. The van der Waals surface area contributed by atoms with Gasteiger partial charge in [-0.25, -0.2) is 4.39 Å². The van der Waals surface area contributed by atoms with E-state index in [2.05, 4.69) is 37.4 Å². The first-order valence-electron chi connectivity index (χ1n) is 9.07. The summed E-state index contributed by atoms with van der Waals surface area (Å²) in [5.41, 5.74) is 2.29. The van der Waals surface area contributed by atoms with Crippen LogP contribution in [0.5, 0.6) is 0 Å². The van der Waals surface area contributed by atoms with Crippen molar-refractivity contribution in [1.29, 1.82) is 5.26 Å². The highest BCUT2D eigenvalue weighted by Gasteiger charge is 2.20. The van der Waals surface area contributed by atoms with Crippen LogP contribution in [0.1, 0.15) is 29.5 Å². The van der Waals surface area contributed by atoms with Crippen LogP contribution in [0.4, 0.5) is 4.39 Å². The minimum atomic E-state index is -0.321. The van der Waals surface area contributed by atoms with Crippen LogP contribution in [-0.2, 0) is 13.1 Å². The molecule has 0 saturated carbocycles. The normalized spacial score (nSPS) is 16.1. The largest absolute Gasteiger partial charge is 0.354 e. The van der Waals surface area contributed by atoms with Crippen molar-refractivity contribution in [3.8, 4) is 6.07 Å². The zero-order valence-corrected chi connectivity index (χ0v) is 16.2. The number of rotatable bonds is 5. The molecular weight excluding hydrogens is 361 g/mol. The predicted octanol–water partition coefficient (Wildman–Crippen LogP) is 3.09. The second-order valence-electron chi connectivity index (χ2n) is 6.67. The average molecular weight is 386 g/mol. The lowest BCUT2D eigenvalue weighted by Crippen LogP contribution is -2.48. The van der Waals surface area contributed by atoms with Crippen molar-refractivity contribution in [1.82, 2.24) is 15.5 Å². The van der Waals surface area contributed by atoms with Crippen LogP contribution >= 0.6 is 11.3 Å². The zero-order chi connectivity index (χ0) is 19.1. The number of guanidine groups is 1. The van der Waals surface area contributed by atoms with Crippen LogP contribution < -0.4 is 10.6 Å². The van der Waals surface area contributed by atoms with Gasteiger partial charge in [-0.05, 0) is 53.4 Å². The lowest BCUT2D eigenvalue weighted by molar-refractivity contribution is 0.198.